The molecule has 9 heteroatoms. The van der Waals surface area contributed by atoms with Gasteiger partial charge in [-0.3, -0.25) is 9.78 Å². The number of hydrogen-bond acceptors (Lipinski definition) is 4. The van der Waals surface area contributed by atoms with Crippen molar-refractivity contribution >= 4 is 26.8 Å². The fourth-order valence-corrected chi connectivity index (χ4v) is 6.23. The third-order valence-electron chi connectivity index (χ3n) is 7.41. The van der Waals surface area contributed by atoms with E-state index in [1.807, 2.05) is 24.3 Å². The van der Waals surface area contributed by atoms with Crippen molar-refractivity contribution in [3.63, 3.8) is 0 Å². The number of piperazine rings is 1. The summed E-state index contributed by atoms with van der Waals surface area (Å²) in [7, 11) is -3.32. The highest BCUT2D eigenvalue weighted by molar-refractivity contribution is 7.88. The average Bonchev–Trinajstić information content (AvgIpc) is 3.38. The fraction of sp³-hybridized carbons (Fsp3) is 0.370. The van der Waals surface area contributed by atoms with E-state index < -0.39 is 21.4 Å². The zero-order chi connectivity index (χ0) is 25.5. The molecule has 2 aromatic carbocycles. The number of amides is 1. The normalized spacial score (nSPS) is 18.3. The van der Waals surface area contributed by atoms with Crippen LogP contribution in [0.5, 0.6) is 0 Å². The van der Waals surface area contributed by atoms with Gasteiger partial charge in [0.15, 0.2) is 0 Å². The zero-order valence-electron chi connectivity index (χ0n) is 20.1. The van der Waals surface area contributed by atoms with Crippen LogP contribution in [0.3, 0.4) is 0 Å². The van der Waals surface area contributed by atoms with Crippen LogP contribution in [-0.2, 0) is 15.6 Å². The largest absolute Gasteiger partial charge is 0.336 e. The van der Waals surface area contributed by atoms with Crippen molar-refractivity contribution < 1.29 is 17.6 Å². The Labute approximate surface area is 210 Å². The molecule has 1 saturated heterocycles. The van der Waals surface area contributed by atoms with Crippen LogP contribution in [0.25, 0.3) is 26.9 Å². The summed E-state index contributed by atoms with van der Waals surface area (Å²) in [4.78, 5) is 23.6. The average molecular weight is 507 g/mol. The number of nitrogens with zero attached hydrogens (tertiary/aromatic N) is 4. The zero-order valence-corrected chi connectivity index (χ0v) is 20.9. The van der Waals surface area contributed by atoms with Crippen LogP contribution >= 0.6 is 0 Å². The lowest BCUT2D eigenvalue weighted by Gasteiger charge is -2.33. The standard InChI is InChI=1S/C27H27FN4O3S/c1-29-27(11-3-4-12-27)20-7-5-19(6-8-20)25-22-17-21(28)9-10-24(22)30-18-23(25)26(33)31-13-15-32(16-14-31)36(2,34)35/h5-10,17-18H,3-4,11-16H2,2H3. The first-order chi connectivity index (χ1) is 17.2. The number of sulfonamides is 1. The SMILES string of the molecule is [C-]#[N+]C1(c2ccc(-c3c(C(=O)N4CCN(S(C)(=O)=O)CC4)cnc4ccc(F)cc34)cc2)CCCC1. The third-order valence-corrected chi connectivity index (χ3v) is 8.71. The smallest absolute Gasteiger partial charge is 0.257 e. The molecule has 1 aliphatic carbocycles. The fourth-order valence-electron chi connectivity index (χ4n) is 5.40. The highest BCUT2D eigenvalue weighted by Crippen LogP contribution is 2.43. The Bertz CT molecular complexity index is 1470. The van der Waals surface area contributed by atoms with E-state index in [2.05, 4.69) is 9.83 Å². The van der Waals surface area contributed by atoms with Crippen LogP contribution in [0.2, 0.25) is 0 Å². The van der Waals surface area contributed by atoms with Crippen molar-refractivity contribution in [1.29, 1.82) is 0 Å². The summed E-state index contributed by atoms with van der Waals surface area (Å²) >= 11 is 0. The molecule has 3 aromatic rings. The number of rotatable bonds is 4. The topological polar surface area (TPSA) is 74.9 Å². The van der Waals surface area contributed by atoms with Crippen LogP contribution in [0.15, 0.2) is 48.7 Å². The molecule has 0 N–H and O–H groups in total. The Morgan fingerprint density at radius 3 is 2.33 bits per heavy atom. The predicted molar refractivity (Wildman–Crippen MR) is 136 cm³/mol. The summed E-state index contributed by atoms with van der Waals surface area (Å²) in [6.07, 6.45) is 6.42. The van der Waals surface area contributed by atoms with E-state index in [9.17, 15) is 17.6 Å². The van der Waals surface area contributed by atoms with Gasteiger partial charge in [0.1, 0.15) is 5.82 Å². The maximum Gasteiger partial charge on any atom is 0.257 e. The number of hydrogen-bond donors (Lipinski definition) is 0. The van der Waals surface area contributed by atoms with E-state index >= 15 is 0 Å². The molecule has 7 nitrogen and oxygen atoms in total. The van der Waals surface area contributed by atoms with E-state index in [-0.39, 0.29) is 32.1 Å². The second-order valence-corrected chi connectivity index (χ2v) is 11.6. The Balaban J connectivity index is 1.56. The Morgan fingerprint density at radius 2 is 1.72 bits per heavy atom. The van der Waals surface area contributed by atoms with Gasteiger partial charge in [0.25, 0.3) is 11.4 Å². The first-order valence-corrected chi connectivity index (χ1v) is 13.9. The predicted octanol–water partition coefficient (Wildman–Crippen LogP) is 4.45. The van der Waals surface area contributed by atoms with Crippen molar-refractivity contribution in [2.24, 2.45) is 0 Å². The molecule has 0 atom stereocenters. The maximum atomic E-state index is 14.3. The van der Waals surface area contributed by atoms with Crippen molar-refractivity contribution in [2.75, 3.05) is 32.4 Å². The molecule has 0 unspecified atom stereocenters. The van der Waals surface area contributed by atoms with Gasteiger partial charge in [-0.25, -0.2) is 19.4 Å². The number of aromatic nitrogens is 1. The van der Waals surface area contributed by atoms with E-state index in [1.165, 1.54) is 22.6 Å². The molecule has 2 heterocycles. The lowest BCUT2D eigenvalue weighted by Crippen LogP contribution is -2.50. The number of benzene rings is 2. The quantitative estimate of drug-likeness (QED) is 0.490. The van der Waals surface area contributed by atoms with Gasteiger partial charge in [-0.05, 0) is 36.6 Å². The molecule has 1 aliphatic heterocycles. The Morgan fingerprint density at radius 1 is 1.06 bits per heavy atom. The van der Waals surface area contributed by atoms with Crippen LogP contribution in [-0.4, -0.2) is 60.9 Å². The molecule has 0 spiro atoms. The van der Waals surface area contributed by atoms with E-state index in [4.69, 9.17) is 6.57 Å². The van der Waals surface area contributed by atoms with Crippen molar-refractivity contribution in [3.05, 3.63) is 77.0 Å². The molecule has 2 fully saturated rings. The summed E-state index contributed by atoms with van der Waals surface area (Å²) in [5.41, 5.74) is 2.71. The monoisotopic (exact) mass is 506 g/mol. The van der Waals surface area contributed by atoms with Gasteiger partial charge in [-0.1, -0.05) is 24.3 Å². The molecule has 1 aromatic heterocycles. The molecule has 0 radical (unpaired) electrons. The highest BCUT2D eigenvalue weighted by atomic mass is 32.2. The maximum absolute atomic E-state index is 14.3. The van der Waals surface area contributed by atoms with Crippen LogP contribution in [0, 0.1) is 12.4 Å². The highest BCUT2D eigenvalue weighted by Gasteiger charge is 2.42. The van der Waals surface area contributed by atoms with E-state index in [0.29, 0.717) is 22.0 Å². The van der Waals surface area contributed by atoms with Gasteiger partial charge < -0.3 is 9.74 Å². The molecule has 1 saturated carbocycles. The second-order valence-electron chi connectivity index (χ2n) is 9.59. The second kappa shape index (κ2) is 9.26. The summed E-state index contributed by atoms with van der Waals surface area (Å²) in [5, 5.41) is 0.532. The molecular weight excluding hydrogens is 479 g/mol. The van der Waals surface area contributed by atoms with Crippen molar-refractivity contribution in [3.8, 4) is 11.1 Å². The first-order valence-electron chi connectivity index (χ1n) is 12.0. The van der Waals surface area contributed by atoms with Gasteiger partial charge in [0, 0.05) is 61.7 Å². The number of halogens is 1. The van der Waals surface area contributed by atoms with Gasteiger partial charge in [0.05, 0.1) is 17.3 Å². The molecule has 2 aliphatic rings. The summed E-state index contributed by atoms with van der Waals surface area (Å²) < 4.78 is 39.4. The number of carbonyl (C=O) groups excluding carboxylic acids is 1. The number of carbonyl (C=O) groups is 1. The first kappa shape index (κ1) is 24.3. The van der Waals surface area contributed by atoms with E-state index in [0.717, 1.165) is 43.1 Å². The van der Waals surface area contributed by atoms with Crippen LogP contribution in [0.1, 0.15) is 41.6 Å². The molecule has 36 heavy (non-hydrogen) atoms. The lowest BCUT2D eigenvalue weighted by atomic mass is 9.87. The Hall–Kier alpha value is -3.35. The molecular formula is C27H27FN4O3S. The van der Waals surface area contributed by atoms with Crippen LogP contribution < -0.4 is 0 Å². The number of fused-ring (bicyclic) bond motifs is 1. The minimum absolute atomic E-state index is 0.225. The van der Waals surface area contributed by atoms with Crippen molar-refractivity contribution in [2.45, 2.75) is 31.2 Å². The minimum atomic E-state index is -3.32. The van der Waals surface area contributed by atoms with Gasteiger partial charge in [0.2, 0.25) is 10.0 Å². The number of pyridine rings is 1. The molecule has 186 valence electrons. The summed E-state index contributed by atoms with van der Waals surface area (Å²) in [6.45, 7) is 8.75. The lowest BCUT2D eigenvalue weighted by molar-refractivity contribution is 0.0699. The van der Waals surface area contributed by atoms with Gasteiger partial charge in [-0.2, -0.15) is 4.31 Å². The Kier molecular flexibility index (Phi) is 6.27. The summed E-state index contributed by atoms with van der Waals surface area (Å²) in [6, 6.07) is 12.0. The third kappa shape index (κ3) is 4.36. The summed E-state index contributed by atoms with van der Waals surface area (Å²) in [5.74, 6) is -0.694. The van der Waals surface area contributed by atoms with Crippen LogP contribution in [0.4, 0.5) is 4.39 Å². The van der Waals surface area contributed by atoms with Gasteiger partial charge >= 0.3 is 0 Å². The molecule has 5 rings (SSSR count). The molecule has 1 amide bonds. The minimum Gasteiger partial charge on any atom is -0.336 e. The van der Waals surface area contributed by atoms with E-state index in [1.54, 1.807) is 11.0 Å². The van der Waals surface area contributed by atoms with Crippen molar-refractivity contribution in [1.82, 2.24) is 14.2 Å². The molecule has 0 bridgehead atoms. The van der Waals surface area contributed by atoms with Gasteiger partial charge in [-0.15, -0.1) is 0 Å².